The van der Waals surface area contributed by atoms with Crippen LogP contribution in [-0.2, 0) is 11.2 Å². The second-order valence-corrected chi connectivity index (χ2v) is 11.2. The molecule has 0 bridgehead atoms. The smallest absolute Gasteiger partial charge is 0.245 e. The first-order valence-electron chi connectivity index (χ1n) is 12.6. The molecule has 4 heterocycles. The molecule has 2 aliphatic heterocycles. The highest BCUT2D eigenvalue weighted by Gasteiger charge is 2.49. The number of fused-ring (bicyclic) bond motifs is 1. The second-order valence-electron chi connectivity index (χ2n) is 10.3. The number of anilines is 1. The first-order valence-corrected chi connectivity index (χ1v) is 13.4. The van der Waals surface area contributed by atoms with Gasteiger partial charge in [-0.2, -0.15) is 5.26 Å². The number of carbonyl (C=O) groups excluding carboxylic acids is 1. The van der Waals surface area contributed by atoms with Gasteiger partial charge in [0.25, 0.3) is 0 Å². The molecule has 1 spiro atoms. The third-order valence-electron chi connectivity index (χ3n) is 7.94. The number of likely N-dealkylation sites (tertiary alicyclic amines) is 1. The Morgan fingerprint density at radius 2 is 2.13 bits per heavy atom. The highest BCUT2D eigenvalue weighted by atomic mass is 32.1. The lowest BCUT2D eigenvalue weighted by Crippen LogP contribution is -2.59. The molecule has 0 radical (unpaired) electrons. The van der Waals surface area contributed by atoms with E-state index in [0.717, 1.165) is 34.5 Å². The Hall–Kier alpha value is -4.03. The van der Waals surface area contributed by atoms with Crippen LogP contribution in [0.25, 0.3) is 22.8 Å². The third kappa shape index (κ3) is 3.79. The minimum atomic E-state index is -0.744. The van der Waals surface area contributed by atoms with E-state index in [2.05, 4.69) is 22.5 Å². The highest BCUT2D eigenvalue weighted by Crippen LogP contribution is 2.46. The Morgan fingerprint density at radius 1 is 1.32 bits per heavy atom. The number of aryl methyl sites for hydroxylation is 1. The summed E-state index contributed by atoms with van der Waals surface area (Å²) in [6, 6.07) is 6.83. The predicted octanol–water partition coefficient (Wildman–Crippen LogP) is 4.94. The van der Waals surface area contributed by atoms with Crippen molar-refractivity contribution in [2.24, 2.45) is 5.41 Å². The lowest BCUT2D eigenvalue weighted by molar-refractivity contribution is -0.136. The molecule has 2 aromatic heterocycles. The fourth-order valence-corrected chi connectivity index (χ4v) is 6.91. The van der Waals surface area contributed by atoms with E-state index in [1.54, 1.807) is 28.4 Å². The van der Waals surface area contributed by atoms with Gasteiger partial charge in [-0.15, -0.1) is 11.3 Å². The second kappa shape index (κ2) is 9.07. The van der Waals surface area contributed by atoms with Gasteiger partial charge in [-0.3, -0.25) is 4.79 Å². The molecular weight excluding hydrogens is 501 g/mol. The van der Waals surface area contributed by atoms with Gasteiger partial charge >= 0.3 is 0 Å². The lowest BCUT2D eigenvalue weighted by Gasteiger charge is -2.47. The number of nitrogens with zero attached hydrogens (tertiary/aromatic N) is 5. The fraction of sp³-hybridized carbons (Fsp3) is 0.310. The van der Waals surface area contributed by atoms with Crippen LogP contribution >= 0.6 is 11.3 Å². The third-order valence-corrected chi connectivity index (χ3v) is 8.94. The summed E-state index contributed by atoms with van der Waals surface area (Å²) in [6.45, 7) is 8.19. The zero-order valence-corrected chi connectivity index (χ0v) is 21.8. The number of nitriles is 1. The van der Waals surface area contributed by atoms with Gasteiger partial charge in [0.15, 0.2) is 11.6 Å². The van der Waals surface area contributed by atoms with Crippen molar-refractivity contribution in [2.45, 2.75) is 26.2 Å². The van der Waals surface area contributed by atoms with Crippen molar-refractivity contribution in [2.75, 3.05) is 31.1 Å². The Morgan fingerprint density at radius 3 is 2.84 bits per heavy atom. The molecule has 0 unspecified atom stereocenters. The average Bonchev–Trinajstić information content (AvgIpc) is 3.54. The topological polar surface area (TPSA) is 93.4 Å². The molecule has 1 amide bonds. The number of hydrogen-bond acceptors (Lipinski definition) is 7. The van der Waals surface area contributed by atoms with E-state index in [4.69, 9.17) is 4.98 Å². The van der Waals surface area contributed by atoms with Gasteiger partial charge in [0.05, 0.1) is 21.8 Å². The molecule has 1 aliphatic carbocycles. The molecule has 0 saturated carbocycles. The number of halogens is 1. The Bertz CT molecular complexity index is 1560. The quantitative estimate of drug-likeness (QED) is 0.483. The summed E-state index contributed by atoms with van der Waals surface area (Å²) in [6.07, 6.45) is 5.55. The molecule has 9 heteroatoms. The number of rotatable bonds is 4. The fourth-order valence-electron chi connectivity index (χ4n) is 6.05. The maximum atomic E-state index is 15.3. The first kappa shape index (κ1) is 24.3. The Labute approximate surface area is 224 Å². The van der Waals surface area contributed by atoms with E-state index in [9.17, 15) is 15.2 Å². The summed E-state index contributed by atoms with van der Waals surface area (Å²) in [5.41, 5.74) is 6.39. The van der Waals surface area contributed by atoms with Crippen LogP contribution < -0.4 is 4.90 Å². The van der Waals surface area contributed by atoms with Crippen molar-refractivity contribution in [3.63, 3.8) is 0 Å². The van der Waals surface area contributed by atoms with Gasteiger partial charge < -0.3 is 14.9 Å². The summed E-state index contributed by atoms with van der Waals surface area (Å²) in [5.74, 6) is -0.747. The minimum absolute atomic E-state index is 0.0554. The SMILES string of the molecule is C=CC(=O)N1CC2(CCN(c3nc4c(c(-c5cccc(O)c5F)c3C#N)CCC(c3scnc3C)=C4)C2)C1. The summed E-state index contributed by atoms with van der Waals surface area (Å²) < 4.78 is 15.3. The number of phenols is 1. The molecule has 3 aliphatic rings. The number of amides is 1. The van der Waals surface area contributed by atoms with Crippen LogP contribution in [0.15, 0.2) is 36.4 Å². The van der Waals surface area contributed by atoms with Crippen molar-refractivity contribution in [3.8, 4) is 22.9 Å². The molecule has 192 valence electrons. The van der Waals surface area contributed by atoms with Crippen LogP contribution in [0.3, 0.4) is 0 Å². The number of benzene rings is 1. The van der Waals surface area contributed by atoms with Gasteiger partial charge in [0, 0.05) is 42.7 Å². The van der Waals surface area contributed by atoms with E-state index < -0.39 is 11.6 Å². The Kier molecular flexibility index (Phi) is 5.80. The number of pyridine rings is 1. The standard InChI is InChI=1S/C29H26FN5O2S/c1-3-24(37)35-14-29(15-35)9-10-34(13-29)28-21(12-31)25(20-5-4-6-23(36)26(20)30)19-8-7-18(11-22(19)33-28)27-17(2)32-16-38-27/h3-6,11,16,36H,1,7-10,13-15H2,2H3. The zero-order chi connectivity index (χ0) is 26.6. The maximum Gasteiger partial charge on any atom is 0.245 e. The van der Waals surface area contributed by atoms with E-state index in [1.165, 1.54) is 12.1 Å². The first-order chi connectivity index (χ1) is 18.3. The van der Waals surface area contributed by atoms with Gasteiger partial charge in [0.1, 0.15) is 17.5 Å². The van der Waals surface area contributed by atoms with Crippen molar-refractivity contribution in [1.82, 2.24) is 14.9 Å². The lowest BCUT2D eigenvalue weighted by atomic mass is 9.79. The summed E-state index contributed by atoms with van der Waals surface area (Å²) in [5, 5.41) is 20.5. The van der Waals surface area contributed by atoms with Crippen molar-refractivity contribution in [3.05, 3.63) is 69.6 Å². The van der Waals surface area contributed by atoms with E-state index in [-0.39, 0.29) is 16.9 Å². The number of thiazole rings is 1. The number of aromatic hydroxyl groups is 1. The number of phenolic OH excluding ortho intramolecular Hbond substituents is 1. The predicted molar refractivity (Wildman–Crippen MR) is 145 cm³/mol. The monoisotopic (exact) mass is 527 g/mol. The van der Waals surface area contributed by atoms with E-state index >= 15 is 4.39 Å². The van der Waals surface area contributed by atoms with Gasteiger partial charge in [-0.25, -0.2) is 14.4 Å². The summed E-state index contributed by atoms with van der Waals surface area (Å²) >= 11 is 1.59. The van der Waals surface area contributed by atoms with Crippen molar-refractivity contribution >= 4 is 34.7 Å². The molecule has 6 rings (SSSR count). The molecule has 38 heavy (non-hydrogen) atoms. The van der Waals surface area contributed by atoms with Crippen molar-refractivity contribution < 1.29 is 14.3 Å². The van der Waals surface area contributed by atoms with Crippen LogP contribution in [0.4, 0.5) is 10.2 Å². The molecule has 3 aromatic rings. The molecule has 1 aromatic carbocycles. The van der Waals surface area contributed by atoms with Crippen LogP contribution in [0.2, 0.25) is 0 Å². The molecule has 2 saturated heterocycles. The summed E-state index contributed by atoms with van der Waals surface area (Å²) in [4.78, 5) is 26.4. The van der Waals surface area contributed by atoms with Crippen LogP contribution in [0.1, 0.15) is 40.2 Å². The number of aromatic nitrogens is 2. The van der Waals surface area contributed by atoms with Crippen LogP contribution in [0.5, 0.6) is 5.75 Å². The van der Waals surface area contributed by atoms with E-state index in [0.29, 0.717) is 55.2 Å². The molecular formula is C29H26FN5O2S. The molecule has 7 nitrogen and oxygen atoms in total. The van der Waals surface area contributed by atoms with Gasteiger partial charge in [-0.1, -0.05) is 18.7 Å². The largest absolute Gasteiger partial charge is 0.505 e. The Balaban J connectivity index is 1.48. The average molecular weight is 528 g/mol. The summed E-state index contributed by atoms with van der Waals surface area (Å²) in [7, 11) is 0. The highest BCUT2D eigenvalue weighted by molar-refractivity contribution is 7.11. The maximum absolute atomic E-state index is 15.3. The number of carbonyl (C=O) groups is 1. The van der Waals surface area contributed by atoms with Crippen molar-refractivity contribution in [1.29, 1.82) is 5.26 Å². The zero-order valence-electron chi connectivity index (χ0n) is 21.0. The molecule has 0 atom stereocenters. The number of allylic oxidation sites excluding steroid dienone is 1. The van der Waals surface area contributed by atoms with Crippen LogP contribution in [-0.4, -0.2) is 52.1 Å². The minimum Gasteiger partial charge on any atom is -0.505 e. The van der Waals surface area contributed by atoms with Gasteiger partial charge in [-0.05, 0) is 55.5 Å². The number of hydrogen-bond donors (Lipinski definition) is 1. The molecule has 1 N–H and O–H groups in total. The normalized spacial score (nSPS) is 17.6. The van der Waals surface area contributed by atoms with Crippen LogP contribution in [0, 0.1) is 29.5 Å². The van der Waals surface area contributed by atoms with E-state index in [1.807, 2.05) is 18.5 Å². The van der Waals surface area contributed by atoms with Gasteiger partial charge in [0.2, 0.25) is 5.91 Å². The molecule has 2 fully saturated rings.